The van der Waals surface area contributed by atoms with Crippen LogP contribution in [0.4, 0.5) is 5.69 Å². The van der Waals surface area contributed by atoms with Gasteiger partial charge < -0.3 is 9.72 Å². The summed E-state index contributed by atoms with van der Waals surface area (Å²) >= 11 is 0. The Bertz CT molecular complexity index is 818. The first kappa shape index (κ1) is 15.3. The van der Waals surface area contributed by atoms with Crippen LogP contribution in [0.2, 0.25) is 0 Å². The lowest BCUT2D eigenvalue weighted by Crippen LogP contribution is -2.12. The minimum Gasteiger partial charge on any atom is -0.322 e. The minimum absolute atomic E-state index is 0.116. The van der Waals surface area contributed by atoms with Gasteiger partial charge >= 0.3 is 0 Å². The highest BCUT2D eigenvalue weighted by atomic mass is 16.1. The van der Waals surface area contributed by atoms with Crippen LogP contribution >= 0.6 is 0 Å². The second kappa shape index (κ2) is 6.65. The number of aryl methyl sites for hydroxylation is 2. The van der Waals surface area contributed by atoms with Crippen molar-refractivity contribution in [2.45, 2.75) is 33.1 Å². The molecule has 2 aromatic heterocycles. The molecule has 0 spiro atoms. The van der Waals surface area contributed by atoms with E-state index >= 15 is 0 Å². The van der Waals surface area contributed by atoms with E-state index in [1.807, 2.05) is 35.9 Å². The molecule has 1 amide bonds. The zero-order valence-corrected chi connectivity index (χ0v) is 13.5. The molecule has 4 heteroatoms. The predicted octanol–water partition coefficient (Wildman–Crippen LogP) is 4.24. The van der Waals surface area contributed by atoms with Crippen LogP contribution in [0.1, 0.15) is 41.4 Å². The van der Waals surface area contributed by atoms with Crippen molar-refractivity contribution in [3.63, 3.8) is 0 Å². The maximum Gasteiger partial charge on any atom is 0.255 e. The molecule has 0 saturated carbocycles. The molecule has 0 aliphatic heterocycles. The number of carbonyl (C=O) groups is 1. The number of pyridine rings is 1. The van der Waals surface area contributed by atoms with Crippen LogP contribution < -0.4 is 5.32 Å². The number of nitrogens with one attached hydrogen (secondary N) is 1. The van der Waals surface area contributed by atoms with Crippen LogP contribution in [-0.2, 0) is 6.42 Å². The van der Waals surface area contributed by atoms with Crippen LogP contribution in [0, 0.1) is 6.92 Å². The van der Waals surface area contributed by atoms with Gasteiger partial charge in [-0.1, -0.05) is 25.5 Å². The molecule has 0 fully saturated rings. The van der Waals surface area contributed by atoms with Gasteiger partial charge in [-0.15, -0.1) is 0 Å². The summed E-state index contributed by atoms with van der Waals surface area (Å²) in [5, 5.41) is 2.94. The second-order valence-electron chi connectivity index (χ2n) is 5.82. The average molecular weight is 307 g/mol. The summed E-state index contributed by atoms with van der Waals surface area (Å²) < 4.78 is 1.91. The van der Waals surface area contributed by atoms with Crippen molar-refractivity contribution in [1.82, 2.24) is 9.38 Å². The van der Waals surface area contributed by atoms with Crippen molar-refractivity contribution in [1.29, 1.82) is 0 Å². The zero-order chi connectivity index (χ0) is 16.2. The van der Waals surface area contributed by atoms with Crippen molar-refractivity contribution in [2.24, 2.45) is 0 Å². The van der Waals surface area contributed by atoms with Gasteiger partial charge in [0, 0.05) is 23.6 Å². The molecule has 3 aromatic rings. The maximum absolute atomic E-state index is 12.4. The molecule has 2 heterocycles. The number of fused-ring (bicyclic) bond motifs is 1. The summed E-state index contributed by atoms with van der Waals surface area (Å²) in [6, 6.07) is 11.7. The summed E-state index contributed by atoms with van der Waals surface area (Å²) in [6.07, 6.45) is 7.26. The summed E-state index contributed by atoms with van der Waals surface area (Å²) in [7, 11) is 0. The Morgan fingerprint density at radius 2 is 2.00 bits per heavy atom. The fourth-order valence-corrected chi connectivity index (χ4v) is 2.59. The topological polar surface area (TPSA) is 46.4 Å². The van der Waals surface area contributed by atoms with Gasteiger partial charge in [-0.3, -0.25) is 4.79 Å². The molecule has 1 aromatic carbocycles. The molecule has 0 aliphatic carbocycles. The lowest BCUT2D eigenvalue weighted by Gasteiger charge is -2.07. The van der Waals surface area contributed by atoms with Gasteiger partial charge in [0.15, 0.2) is 0 Å². The number of aromatic nitrogens is 2. The Hall–Kier alpha value is -2.62. The van der Waals surface area contributed by atoms with Gasteiger partial charge in [-0.25, -0.2) is 4.98 Å². The normalized spacial score (nSPS) is 10.9. The fourth-order valence-electron chi connectivity index (χ4n) is 2.59. The van der Waals surface area contributed by atoms with Gasteiger partial charge in [0.25, 0.3) is 5.91 Å². The summed E-state index contributed by atoms with van der Waals surface area (Å²) in [4.78, 5) is 16.8. The summed E-state index contributed by atoms with van der Waals surface area (Å²) in [5.41, 5.74) is 4.45. The van der Waals surface area contributed by atoms with Gasteiger partial charge in [0.2, 0.25) is 0 Å². The Morgan fingerprint density at radius 1 is 1.22 bits per heavy atom. The number of anilines is 1. The minimum atomic E-state index is -0.116. The molecule has 0 bridgehead atoms. The first-order valence-corrected chi connectivity index (χ1v) is 8.01. The third kappa shape index (κ3) is 3.59. The number of rotatable bonds is 5. The Balaban J connectivity index is 1.72. The molecule has 4 nitrogen and oxygen atoms in total. The summed E-state index contributed by atoms with van der Waals surface area (Å²) in [5.74, 6) is -0.116. The molecule has 0 atom stereocenters. The van der Waals surface area contributed by atoms with E-state index in [9.17, 15) is 4.79 Å². The Labute approximate surface area is 136 Å². The molecule has 118 valence electrons. The largest absolute Gasteiger partial charge is 0.322 e. The van der Waals surface area contributed by atoms with Crippen molar-refractivity contribution < 1.29 is 4.79 Å². The molecule has 0 saturated heterocycles. The van der Waals surface area contributed by atoms with E-state index in [0.717, 1.165) is 23.4 Å². The van der Waals surface area contributed by atoms with Crippen molar-refractivity contribution in [3.8, 4) is 0 Å². The van der Waals surface area contributed by atoms with E-state index in [1.54, 1.807) is 12.1 Å². The molecular formula is C19H21N3O. The fraction of sp³-hybridized carbons (Fsp3) is 0.263. The number of imidazole rings is 1. The predicted molar refractivity (Wildman–Crippen MR) is 92.9 cm³/mol. The second-order valence-corrected chi connectivity index (χ2v) is 5.82. The number of hydrogen-bond donors (Lipinski definition) is 1. The Kier molecular flexibility index (Phi) is 4.42. The first-order valence-electron chi connectivity index (χ1n) is 8.01. The number of unbranched alkanes of at least 4 members (excludes halogenated alkanes) is 1. The Morgan fingerprint density at radius 3 is 2.74 bits per heavy atom. The average Bonchev–Trinajstić information content (AvgIpc) is 2.93. The van der Waals surface area contributed by atoms with Crippen LogP contribution in [0.3, 0.4) is 0 Å². The molecule has 0 radical (unpaired) electrons. The number of amides is 1. The molecule has 3 rings (SSSR count). The lowest BCUT2D eigenvalue weighted by atomic mass is 10.1. The third-order valence-corrected chi connectivity index (χ3v) is 3.87. The molecule has 23 heavy (non-hydrogen) atoms. The maximum atomic E-state index is 12.4. The highest BCUT2D eigenvalue weighted by Crippen LogP contribution is 2.14. The van der Waals surface area contributed by atoms with Crippen LogP contribution in [0.25, 0.3) is 5.65 Å². The lowest BCUT2D eigenvalue weighted by molar-refractivity contribution is 0.102. The van der Waals surface area contributed by atoms with E-state index in [-0.39, 0.29) is 5.91 Å². The van der Waals surface area contributed by atoms with Crippen molar-refractivity contribution in [3.05, 3.63) is 65.6 Å². The number of hydrogen-bond acceptors (Lipinski definition) is 2. The van der Waals surface area contributed by atoms with Gasteiger partial charge in [-0.05, 0) is 49.6 Å². The smallest absolute Gasteiger partial charge is 0.255 e. The highest BCUT2D eigenvalue weighted by Gasteiger charge is 2.08. The molecular weight excluding hydrogens is 286 g/mol. The zero-order valence-electron chi connectivity index (χ0n) is 13.5. The number of nitrogens with zero attached hydrogens (tertiary/aromatic N) is 2. The summed E-state index contributed by atoms with van der Waals surface area (Å²) in [6.45, 7) is 4.12. The highest BCUT2D eigenvalue weighted by molar-refractivity contribution is 6.04. The SMILES string of the molecule is CCCCc1ccc(NC(=O)c2ccn3cc(C)nc3c2)cc1. The van der Waals surface area contributed by atoms with Gasteiger partial charge in [0.1, 0.15) is 5.65 Å². The molecule has 1 N–H and O–H groups in total. The van der Waals surface area contributed by atoms with E-state index in [2.05, 4.69) is 29.4 Å². The van der Waals surface area contributed by atoms with Crippen molar-refractivity contribution >= 4 is 17.2 Å². The van der Waals surface area contributed by atoms with Crippen LogP contribution in [0.15, 0.2) is 48.8 Å². The van der Waals surface area contributed by atoms with E-state index < -0.39 is 0 Å². The standard InChI is InChI=1S/C19H21N3O/c1-3-4-5-15-6-8-17(9-7-15)21-19(23)16-10-11-22-13-14(2)20-18(22)12-16/h6-13H,3-5H2,1-2H3,(H,21,23). The van der Waals surface area contributed by atoms with Gasteiger partial charge in [-0.2, -0.15) is 0 Å². The van der Waals surface area contributed by atoms with Crippen molar-refractivity contribution in [2.75, 3.05) is 5.32 Å². The van der Waals surface area contributed by atoms with Gasteiger partial charge in [0.05, 0.1) is 5.69 Å². The molecule has 0 aliphatic rings. The number of benzene rings is 1. The van der Waals surface area contributed by atoms with E-state index in [1.165, 1.54) is 18.4 Å². The van der Waals surface area contributed by atoms with Crippen LogP contribution in [0.5, 0.6) is 0 Å². The third-order valence-electron chi connectivity index (χ3n) is 3.87. The first-order chi connectivity index (χ1) is 11.2. The monoisotopic (exact) mass is 307 g/mol. The van der Waals surface area contributed by atoms with Crippen LogP contribution in [-0.4, -0.2) is 15.3 Å². The van der Waals surface area contributed by atoms with E-state index in [4.69, 9.17) is 0 Å². The quantitative estimate of drug-likeness (QED) is 0.766. The van der Waals surface area contributed by atoms with E-state index in [0.29, 0.717) is 5.56 Å². The number of carbonyl (C=O) groups excluding carboxylic acids is 1. The molecule has 0 unspecified atom stereocenters.